The Balaban J connectivity index is 1.77. The first-order chi connectivity index (χ1) is 9.83. The van der Waals surface area contributed by atoms with Crippen LogP contribution >= 0.6 is 0 Å². The van der Waals surface area contributed by atoms with Gasteiger partial charge in [-0.1, -0.05) is 12.1 Å². The van der Waals surface area contributed by atoms with Crippen molar-refractivity contribution >= 4 is 5.69 Å². The average molecular weight is 271 g/mol. The Morgan fingerprint density at radius 2 is 2.10 bits per heavy atom. The normalized spacial score (nSPS) is 20.6. The molecule has 2 aromatic rings. The molecule has 1 aliphatic rings. The first-order valence-corrected chi connectivity index (χ1v) is 7.22. The molecule has 0 aliphatic carbocycles. The summed E-state index contributed by atoms with van der Waals surface area (Å²) in [4.78, 5) is 6.44. The van der Waals surface area contributed by atoms with Gasteiger partial charge in [-0.3, -0.25) is 0 Å². The summed E-state index contributed by atoms with van der Waals surface area (Å²) in [5.74, 6) is 0. The maximum absolute atomic E-state index is 4.23. The lowest BCUT2D eigenvalue weighted by molar-refractivity contribution is 0.348. The number of hydrogen-bond acceptors (Lipinski definition) is 4. The first-order valence-electron chi connectivity index (χ1n) is 7.22. The monoisotopic (exact) mass is 271 g/mol. The molecular formula is C15H21N5. The first kappa shape index (κ1) is 13.1. The van der Waals surface area contributed by atoms with Gasteiger partial charge < -0.3 is 10.2 Å². The minimum atomic E-state index is 0.532. The number of rotatable bonds is 3. The molecule has 2 heterocycles. The largest absolute Gasteiger partial charge is 0.381 e. The fraction of sp³-hybridized carbons (Fsp3) is 0.467. The van der Waals surface area contributed by atoms with Crippen molar-refractivity contribution in [2.45, 2.75) is 25.3 Å². The Hall–Kier alpha value is -1.88. The predicted molar refractivity (Wildman–Crippen MR) is 80.1 cm³/mol. The van der Waals surface area contributed by atoms with Crippen LogP contribution in [0.1, 0.15) is 19.3 Å². The molecule has 1 saturated heterocycles. The Morgan fingerprint density at radius 1 is 1.20 bits per heavy atom. The number of hydrogen-bond donors (Lipinski definition) is 1. The van der Waals surface area contributed by atoms with Crippen LogP contribution in [0.5, 0.6) is 0 Å². The lowest BCUT2D eigenvalue weighted by Crippen LogP contribution is -2.23. The van der Waals surface area contributed by atoms with Gasteiger partial charge in [-0.05, 0) is 51.5 Å². The highest BCUT2D eigenvalue weighted by atomic mass is 15.3. The average Bonchev–Trinajstić information content (AvgIpc) is 2.91. The summed E-state index contributed by atoms with van der Waals surface area (Å²) in [5.41, 5.74) is 2.19. The van der Waals surface area contributed by atoms with Crippen LogP contribution < -0.4 is 5.32 Å². The number of para-hydroxylation sites is 2. The van der Waals surface area contributed by atoms with Crippen molar-refractivity contribution in [3.8, 4) is 5.69 Å². The van der Waals surface area contributed by atoms with Crippen molar-refractivity contribution in [1.29, 1.82) is 0 Å². The second-order valence-corrected chi connectivity index (χ2v) is 5.43. The van der Waals surface area contributed by atoms with Gasteiger partial charge in [0.15, 0.2) is 0 Å². The molecule has 1 unspecified atom stereocenters. The molecule has 1 aliphatic heterocycles. The smallest absolute Gasteiger partial charge is 0.138 e. The van der Waals surface area contributed by atoms with Gasteiger partial charge in [0.05, 0.1) is 11.4 Å². The Labute approximate surface area is 119 Å². The lowest BCUT2D eigenvalue weighted by atomic mass is 10.1. The second kappa shape index (κ2) is 6.05. The molecule has 106 valence electrons. The lowest BCUT2D eigenvalue weighted by Gasteiger charge is -2.20. The van der Waals surface area contributed by atoms with Crippen LogP contribution in [0.2, 0.25) is 0 Å². The van der Waals surface area contributed by atoms with Gasteiger partial charge in [-0.25, -0.2) is 9.67 Å². The van der Waals surface area contributed by atoms with E-state index >= 15 is 0 Å². The summed E-state index contributed by atoms with van der Waals surface area (Å²) >= 11 is 0. The molecule has 1 aromatic carbocycles. The number of aromatic nitrogens is 3. The molecule has 0 spiro atoms. The number of benzene rings is 1. The fourth-order valence-corrected chi connectivity index (χ4v) is 2.73. The summed E-state index contributed by atoms with van der Waals surface area (Å²) in [6.45, 7) is 2.35. The van der Waals surface area contributed by atoms with Crippen LogP contribution in [-0.2, 0) is 0 Å². The standard InChI is InChI=1S/C15H21N5/c1-19-9-4-5-13(8-10-19)18-14-6-2-3-7-15(14)20-12-16-11-17-20/h2-3,6-7,11-13,18H,4-5,8-10H2,1H3. The molecule has 1 N–H and O–H groups in total. The third-order valence-corrected chi connectivity index (χ3v) is 3.88. The summed E-state index contributed by atoms with van der Waals surface area (Å²) < 4.78 is 1.81. The van der Waals surface area contributed by atoms with E-state index in [4.69, 9.17) is 0 Å². The van der Waals surface area contributed by atoms with Crippen LogP contribution in [0, 0.1) is 0 Å². The van der Waals surface area contributed by atoms with Gasteiger partial charge in [0, 0.05) is 6.04 Å². The molecule has 3 rings (SSSR count). The van der Waals surface area contributed by atoms with Crippen LogP contribution in [0.15, 0.2) is 36.9 Å². The van der Waals surface area contributed by atoms with Crippen molar-refractivity contribution in [3.05, 3.63) is 36.9 Å². The highest BCUT2D eigenvalue weighted by Crippen LogP contribution is 2.22. The molecule has 0 saturated carbocycles. The molecule has 1 atom stereocenters. The highest BCUT2D eigenvalue weighted by molar-refractivity contribution is 5.60. The summed E-state index contributed by atoms with van der Waals surface area (Å²) in [6.07, 6.45) is 6.96. The van der Waals surface area contributed by atoms with Crippen molar-refractivity contribution in [2.75, 3.05) is 25.5 Å². The van der Waals surface area contributed by atoms with E-state index in [2.05, 4.69) is 45.5 Å². The zero-order chi connectivity index (χ0) is 13.8. The zero-order valence-corrected chi connectivity index (χ0v) is 11.9. The van der Waals surface area contributed by atoms with Gasteiger partial charge in [-0.15, -0.1) is 0 Å². The van der Waals surface area contributed by atoms with Crippen LogP contribution in [0.25, 0.3) is 5.69 Å². The minimum Gasteiger partial charge on any atom is -0.381 e. The van der Waals surface area contributed by atoms with Crippen LogP contribution in [0.4, 0.5) is 5.69 Å². The summed E-state index contributed by atoms with van der Waals surface area (Å²) in [6, 6.07) is 8.81. The summed E-state index contributed by atoms with van der Waals surface area (Å²) in [7, 11) is 2.20. The maximum Gasteiger partial charge on any atom is 0.138 e. The van der Waals surface area contributed by atoms with E-state index in [9.17, 15) is 0 Å². The van der Waals surface area contributed by atoms with Crippen LogP contribution in [0.3, 0.4) is 0 Å². The van der Waals surface area contributed by atoms with Gasteiger partial charge in [0.1, 0.15) is 12.7 Å². The third kappa shape index (κ3) is 2.99. The number of nitrogens with zero attached hydrogens (tertiary/aromatic N) is 4. The van der Waals surface area contributed by atoms with E-state index in [-0.39, 0.29) is 0 Å². The van der Waals surface area contributed by atoms with Gasteiger partial charge in [0.25, 0.3) is 0 Å². The van der Waals surface area contributed by atoms with Crippen LogP contribution in [-0.4, -0.2) is 45.8 Å². The fourth-order valence-electron chi connectivity index (χ4n) is 2.73. The Bertz CT molecular complexity index is 537. The van der Waals surface area contributed by atoms with E-state index in [0.717, 1.165) is 17.9 Å². The van der Waals surface area contributed by atoms with E-state index in [1.807, 2.05) is 10.7 Å². The molecule has 20 heavy (non-hydrogen) atoms. The van der Waals surface area contributed by atoms with Gasteiger partial charge in [-0.2, -0.15) is 5.10 Å². The number of nitrogens with one attached hydrogen (secondary N) is 1. The number of anilines is 1. The maximum atomic E-state index is 4.23. The summed E-state index contributed by atoms with van der Waals surface area (Å²) in [5, 5.41) is 7.91. The molecule has 5 nitrogen and oxygen atoms in total. The predicted octanol–water partition coefficient (Wildman–Crippen LogP) is 2.16. The Kier molecular flexibility index (Phi) is 3.97. The SMILES string of the molecule is CN1CCCC(Nc2ccccc2-n2cncn2)CC1. The molecule has 1 fully saturated rings. The van der Waals surface area contributed by atoms with Crippen molar-refractivity contribution < 1.29 is 0 Å². The number of likely N-dealkylation sites (tertiary alicyclic amines) is 1. The van der Waals surface area contributed by atoms with E-state index in [0.29, 0.717) is 6.04 Å². The van der Waals surface area contributed by atoms with E-state index in [1.54, 1.807) is 12.7 Å². The quantitative estimate of drug-likeness (QED) is 0.929. The molecule has 5 heteroatoms. The minimum absolute atomic E-state index is 0.532. The highest BCUT2D eigenvalue weighted by Gasteiger charge is 2.16. The Morgan fingerprint density at radius 3 is 2.95 bits per heavy atom. The molecular weight excluding hydrogens is 250 g/mol. The van der Waals surface area contributed by atoms with Gasteiger partial charge in [0.2, 0.25) is 0 Å². The second-order valence-electron chi connectivity index (χ2n) is 5.43. The van der Waals surface area contributed by atoms with Crippen molar-refractivity contribution in [1.82, 2.24) is 19.7 Å². The van der Waals surface area contributed by atoms with Gasteiger partial charge >= 0.3 is 0 Å². The van der Waals surface area contributed by atoms with Crippen molar-refractivity contribution in [2.24, 2.45) is 0 Å². The molecule has 0 radical (unpaired) electrons. The molecule has 1 aromatic heterocycles. The zero-order valence-electron chi connectivity index (χ0n) is 11.9. The third-order valence-electron chi connectivity index (χ3n) is 3.88. The van der Waals surface area contributed by atoms with E-state index in [1.165, 1.54) is 25.8 Å². The molecule has 0 amide bonds. The van der Waals surface area contributed by atoms with E-state index < -0.39 is 0 Å². The molecule has 0 bridgehead atoms. The van der Waals surface area contributed by atoms with Crippen molar-refractivity contribution in [3.63, 3.8) is 0 Å². The topological polar surface area (TPSA) is 46.0 Å².